The summed E-state index contributed by atoms with van der Waals surface area (Å²) in [5, 5.41) is 13.3. The summed E-state index contributed by atoms with van der Waals surface area (Å²) in [6, 6.07) is 7.26. The Morgan fingerprint density at radius 2 is 2.26 bits per heavy atom. The van der Waals surface area contributed by atoms with Gasteiger partial charge in [0.05, 0.1) is 12.2 Å². The summed E-state index contributed by atoms with van der Waals surface area (Å²) in [5.41, 5.74) is 6.69. The summed E-state index contributed by atoms with van der Waals surface area (Å²) in [7, 11) is 0. The summed E-state index contributed by atoms with van der Waals surface area (Å²) in [6.07, 6.45) is 1.37. The first kappa shape index (κ1) is 12.7. The van der Waals surface area contributed by atoms with Crippen LogP contribution in [-0.2, 0) is 11.3 Å². The van der Waals surface area contributed by atoms with Crippen LogP contribution in [0.15, 0.2) is 30.6 Å². The summed E-state index contributed by atoms with van der Waals surface area (Å²) in [5.74, 6) is 5.43. The lowest BCUT2D eigenvalue weighted by atomic mass is 10.2. The van der Waals surface area contributed by atoms with E-state index in [0.29, 0.717) is 5.69 Å². The van der Waals surface area contributed by atoms with Crippen LogP contribution in [0.2, 0.25) is 0 Å². The smallest absolute Gasteiger partial charge is 0.246 e. The van der Waals surface area contributed by atoms with Crippen molar-refractivity contribution in [3.63, 3.8) is 0 Å². The number of nitrogens with zero attached hydrogens (tertiary/aromatic N) is 4. The van der Waals surface area contributed by atoms with E-state index in [2.05, 4.69) is 32.7 Å². The number of benzene rings is 1. The molecule has 7 heteroatoms. The van der Waals surface area contributed by atoms with Crippen molar-refractivity contribution in [2.45, 2.75) is 6.54 Å². The Morgan fingerprint density at radius 1 is 1.42 bits per heavy atom. The van der Waals surface area contributed by atoms with Crippen LogP contribution in [-0.4, -0.2) is 32.7 Å². The highest BCUT2D eigenvalue weighted by Gasteiger charge is 2.06. The average Bonchev–Trinajstić information content (AvgIpc) is 2.90. The second-order valence-electron chi connectivity index (χ2n) is 3.61. The monoisotopic (exact) mass is 256 g/mol. The van der Waals surface area contributed by atoms with Crippen LogP contribution < -0.4 is 11.1 Å². The molecule has 0 aliphatic heterocycles. The third kappa shape index (κ3) is 3.62. The van der Waals surface area contributed by atoms with Gasteiger partial charge in [-0.05, 0) is 22.6 Å². The Morgan fingerprint density at radius 3 is 3.00 bits per heavy atom. The van der Waals surface area contributed by atoms with Crippen LogP contribution in [0.1, 0.15) is 5.56 Å². The van der Waals surface area contributed by atoms with E-state index < -0.39 is 0 Å². The van der Waals surface area contributed by atoms with Gasteiger partial charge in [0, 0.05) is 5.56 Å². The summed E-state index contributed by atoms with van der Waals surface area (Å²) < 4.78 is 1.34. The normalized spacial score (nSPS) is 9.53. The van der Waals surface area contributed by atoms with Gasteiger partial charge in [0.2, 0.25) is 5.91 Å². The number of carbonyl (C=O) groups is 1. The zero-order valence-corrected chi connectivity index (χ0v) is 10.1. The molecule has 0 saturated carbocycles. The molecule has 96 valence electrons. The molecular formula is C12H12N6O. The fourth-order valence-electron chi connectivity index (χ4n) is 1.44. The zero-order chi connectivity index (χ0) is 13.5. The number of nitrogens with one attached hydrogen (secondary N) is 1. The van der Waals surface area contributed by atoms with E-state index >= 15 is 0 Å². The van der Waals surface area contributed by atoms with Crippen molar-refractivity contribution in [2.24, 2.45) is 5.73 Å². The molecule has 2 aromatic rings. The third-order valence-corrected chi connectivity index (χ3v) is 2.22. The van der Waals surface area contributed by atoms with Crippen molar-refractivity contribution < 1.29 is 4.79 Å². The Bertz CT molecular complexity index is 611. The van der Waals surface area contributed by atoms with E-state index in [1.807, 2.05) is 18.2 Å². The summed E-state index contributed by atoms with van der Waals surface area (Å²) in [6.45, 7) is 0.318. The molecule has 0 saturated heterocycles. The van der Waals surface area contributed by atoms with Crippen LogP contribution in [0.25, 0.3) is 0 Å². The van der Waals surface area contributed by atoms with E-state index in [9.17, 15) is 4.79 Å². The quantitative estimate of drug-likeness (QED) is 0.729. The lowest BCUT2D eigenvalue weighted by Gasteiger charge is -2.06. The highest BCUT2D eigenvalue weighted by Crippen LogP contribution is 2.13. The van der Waals surface area contributed by atoms with Crippen molar-refractivity contribution in [2.75, 3.05) is 11.9 Å². The zero-order valence-electron chi connectivity index (χ0n) is 10.1. The number of rotatable bonds is 3. The van der Waals surface area contributed by atoms with Gasteiger partial charge >= 0.3 is 0 Å². The van der Waals surface area contributed by atoms with Crippen LogP contribution in [0.3, 0.4) is 0 Å². The second kappa shape index (κ2) is 6.28. The maximum Gasteiger partial charge on any atom is 0.246 e. The minimum atomic E-state index is -0.228. The molecule has 1 amide bonds. The molecule has 0 aliphatic carbocycles. The molecule has 2 rings (SSSR count). The van der Waals surface area contributed by atoms with Gasteiger partial charge in [-0.2, -0.15) is 0 Å². The van der Waals surface area contributed by atoms with Gasteiger partial charge in [-0.25, -0.2) is 4.68 Å². The number of hydrogen-bond donors (Lipinski definition) is 2. The van der Waals surface area contributed by atoms with E-state index in [4.69, 9.17) is 5.73 Å². The first-order chi connectivity index (χ1) is 9.29. The molecule has 0 fully saturated rings. The van der Waals surface area contributed by atoms with E-state index in [0.717, 1.165) is 5.56 Å². The lowest BCUT2D eigenvalue weighted by molar-refractivity contribution is -0.116. The average molecular weight is 256 g/mol. The van der Waals surface area contributed by atoms with Crippen LogP contribution in [0.4, 0.5) is 5.69 Å². The van der Waals surface area contributed by atoms with Gasteiger partial charge in [0.15, 0.2) is 0 Å². The number of carbonyl (C=O) groups excluding carboxylic acids is 1. The Balaban J connectivity index is 2.08. The number of tetrazole rings is 1. The molecular weight excluding hydrogens is 244 g/mol. The predicted molar refractivity (Wildman–Crippen MR) is 68.8 cm³/mol. The lowest BCUT2D eigenvalue weighted by Crippen LogP contribution is -2.19. The molecule has 1 heterocycles. The van der Waals surface area contributed by atoms with E-state index in [1.165, 1.54) is 11.0 Å². The van der Waals surface area contributed by atoms with Crippen LogP contribution in [0, 0.1) is 11.8 Å². The molecule has 0 radical (unpaired) electrons. The Hall–Kier alpha value is -2.72. The molecule has 0 unspecified atom stereocenters. The number of anilines is 1. The fourth-order valence-corrected chi connectivity index (χ4v) is 1.44. The maximum absolute atomic E-state index is 11.8. The van der Waals surface area contributed by atoms with E-state index in [1.54, 1.807) is 6.07 Å². The van der Waals surface area contributed by atoms with Crippen LogP contribution in [0.5, 0.6) is 0 Å². The number of aromatic nitrogens is 4. The Kier molecular flexibility index (Phi) is 4.21. The minimum absolute atomic E-state index is 0.0473. The van der Waals surface area contributed by atoms with Crippen molar-refractivity contribution >= 4 is 11.6 Å². The van der Waals surface area contributed by atoms with Gasteiger partial charge in [0.1, 0.15) is 12.9 Å². The first-order valence-corrected chi connectivity index (χ1v) is 5.58. The fraction of sp³-hybridized carbons (Fsp3) is 0.167. The molecule has 19 heavy (non-hydrogen) atoms. The summed E-state index contributed by atoms with van der Waals surface area (Å²) >= 11 is 0. The highest BCUT2D eigenvalue weighted by atomic mass is 16.2. The number of hydrogen-bond acceptors (Lipinski definition) is 5. The predicted octanol–water partition coefficient (Wildman–Crippen LogP) is -0.378. The largest absolute Gasteiger partial charge is 0.323 e. The van der Waals surface area contributed by atoms with Gasteiger partial charge in [-0.3, -0.25) is 4.79 Å². The maximum atomic E-state index is 11.8. The number of nitrogens with two attached hydrogens (primary N) is 1. The molecule has 7 nitrogen and oxygen atoms in total. The minimum Gasteiger partial charge on any atom is -0.323 e. The van der Waals surface area contributed by atoms with Gasteiger partial charge in [0.25, 0.3) is 0 Å². The number of para-hydroxylation sites is 1. The van der Waals surface area contributed by atoms with Crippen molar-refractivity contribution in [3.05, 3.63) is 36.2 Å². The van der Waals surface area contributed by atoms with Crippen molar-refractivity contribution in [1.29, 1.82) is 0 Å². The molecule has 0 spiro atoms. The van der Waals surface area contributed by atoms with Gasteiger partial charge in [-0.1, -0.05) is 24.0 Å². The number of amides is 1. The standard InChI is InChI=1S/C12H12N6O/c13-7-3-5-10-4-1-2-6-11(10)15-12(19)8-18-9-14-16-17-18/h1-2,4,6,9H,7-8,13H2,(H,15,19). The first-order valence-electron chi connectivity index (χ1n) is 5.58. The molecule has 0 atom stereocenters. The molecule has 0 aliphatic rings. The SMILES string of the molecule is NCC#Cc1ccccc1NC(=O)Cn1cnnn1. The molecule has 0 bridgehead atoms. The molecule has 1 aromatic carbocycles. The van der Waals surface area contributed by atoms with Crippen LogP contribution >= 0.6 is 0 Å². The van der Waals surface area contributed by atoms with Gasteiger partial charge < -0.3 is 11.1 Å². The third-order valence-electron chi connectivity index (χ3n) is 2.22. The second-order valence-corrected chi connectivity index (χ2v) is 3.61. The topological polar surface area (TPSA) is 98.7 Å². The Labute approximate surface area is 109 Å². The molecule has 1 aromatic heterocycles. The van der Waals surface area contributed by atoms with Gasteiger partial charge in [-0.15, -0.1) is 5.10 Å². The van der Waals surface area contributed by atoms with Crippen molar-refractivity contribution in [1.82, 2.24) is 20.2 Å². The van der Waals surface area contributed by atoms with Crippen molar-refractivity contribution in [3.8, 4) is 11.8 Å². The molecule has 3 N–H and O–H groups in total. The van der Waals surface area contributed by atoms with E-state index in [-0.39, 0.29) is 19.0 Å². The summed E-state index contributed by atoms with van der Waals surface area (Å²) in [4.78, 5) is 11.8. The highest BCUT2D eigenvalue weighted by molar-refractivity contribution is 5.91.